The van der Waals surface area contributed by atoms with Crippen molar-refractivity contribution in [2.75, 3.05) is 33.5 Å². The third-order valence-corrected chi connectivity index (χ3v) is 5.22. The maximum absolute atomic E-state index is 13.9. The number of rotatable bonds is 13. The van der Waals surface area contributed by atoms with E-state index in [4.69, 9.17) is 14.2 Å². The zero-order chi connectivity index (χ0) is 23.4. The number of hydrazone groups is 1. The molecule has 2 atom stereocenters. The molecule has 1 fully saturated rings. The summed E-state index contributed by atoms with van der Waals surface area (Å²) in [6.45, 7) is 5.75. The van der Waals surface area contributed by atoms with Crippen molar-refractivity contribution in [3.8, 4) is 0 Å². The van der Waals surface area contributed by atoms with Crippen LogP contribution < -0.4 is 0 Å². The van der Waals surface area contributed by atoms with Crippen LogP contribution in [0.5, 0.6) is 0 Å². The molecule has 31 heavy (non-hydrogen) atoms. The van der Waals surface area contributed by atoms with E-state index in [1.807, 2.05) is 6.92 Å². The minimum Gasteiger partial charge on any atom is -0.465 e. The summed E-state index contributed by atoms with van der Waals surface area (Å²) < 4.78 is 56.8. The number of carbonyl (C=O) groups is 2. The fourth-order valence-corrected chi connectivity index (χ4v) is 3.73. The molecule has 0 aromatic carbocycles. The Bertz CT molecular complexity index is 580. The molecule has 0 spiro atoms. The number of ether oxygens (including phenoxy) is 3. The number of unbranched alkanes of at least 4 members (excludes halogenated alkanes) is 1. The molecule has 0 bridgehead atoms. The predicted octanol–water partition coefficient (Wildman–Crippen LogP) is 3.95. The standard InChI is InChI=1S/C21H35F3N2O5/c1-5-8-10-15(18(19(27)30-6-2)20(28)31-7-3)13-17(21(22,23)24)25-26-12-9-11-16(26)14-29-4/h15-16,18H,5-14H2,1-4H3/b25-17-/t15-,16-/m0/s1. The molecule has 1 aliphatic heterocycles. The van der Waals surface area contributed by atoms with Crippen molar-refractivity contribution in [1.29, 1.82) is 0 Å². The Labute approximate surface area is 182 Å². The van der Waals surface area contributed by atoms with Gasteiger partial charge in [0, 0.05) is 20.1 Å². The summed E-state index contributed by atoms with van der Waals surface area (Å²) in [5, 5.41) is 5.34. The fourth-order valence-electron chi connectivity index (χ4n) is 3.73. The highest BCUT2D eigenvalue weighted by Gasteiger charge is 2.44. The van der Waals surface area contributed by atoms with Crippen molar-refractivity contribution in [1.82, 2.24) is 5.01 Å². The summed E-state index contributed by atoms with van der Waals surface area (Å²) >= 11 is 0. The maximum Gasteiger partial charge on any atom is 0.431 e. The number of hydrogen-bond acceptors (Lipinski definition) is 7. The quantitative estimate of drug-likeness (QED) is 0.239. The fraction of sp³-hybridized carbons (Fsp3) is 0.857. The monoisotopic (exact) mass is 452 g/mol. The molecule has 7 nitrogen and oxygen atoms in total. The first kappa shape index (κ1) is 27.2. The number of carbonyl (C=O) groups excluding carboxylic acids is 2. The molecule has 1 saturated heterocycles. The summed E-state index contributed by atoms with van der Waals surface area (Å²) in [4.78, 5) is 25.0. The first-order chi connectivity index (χ1) is 14.7. The van der Waals surface area contributed by atoms with Crippen LogP contribution >= 0.6 is 0 Å². The van der Waals surface area contributed by atoms with Gasteiger partial charge in [0.1, 0.15) is 5.71 Å². The van der Waals surface area contributed by atoms with Crippen LogP contribution in [0.25, 0.3) is 0 Å². The largest absolute Gasteiger partial charge is 0.465 e. The predicted molar refractivity (Wildman–Crippen MR) is 109 cm³/mol. The number of nitrogens with zero attached hydrogens (tertiary/aromatic N) is 2. The van der Waals surface area contributed by atoms with E-state index in [0.717, 1.165) is 6.42 Å². The number of halogens is 3. The van der Waals surface area contributed by atoms with Crippen LogP contribution in [0.4, 0.5) is 13.2 Å². The summed E-state index contributed by atoms with van der Waals surface area (Å²) in [6.07, 6.45) is -2.35. The van der Waals surface area contributed by atoms with E-state index >= 15 is 0 Å². The van der Waals surface area contributed by atoms with Crippen molar-refractivity contribution in [2.45, 2.75) is 71.5 Å². The van der Waals surface area contributed by atoms with E-state index in [1.165, 1.54) is 12.1 Å². The van der Waals surface area contributed by atoms with Gasteiger partial charge >= 0.3 is 18.1 Å². The van der Waals surface area contributed by atoms with E-state index in [9.17, 15) is 22.8 Å². The van der Waals surface area contributed by atoms with Gasteiger partial charge in [-0.15, -0.1) is 0 Å². The van der Waals surface area contributed by atoms with E-state index in [2.05, 4.69) is 5.10 Å². The summed E-state index contributed by atoms with van der Waals surface area (Å²) in [7, 11) is 1.49. The highest BCUT2D eigenvalue weighted by atomic mass is 19.4. The van der Waals surface area contributed by atoms with Gasteiger partial charge in [0.2, 0.25) is 0 Å². The van der Waals surface area contributed by atoms with Crippen LogP contribution in [0.1, 0.15) is 59.3 Å². The average Bonchev–Trinajstić information content (AvgIpc) is 3.12. The second-order valence-electron chi connectivity index (χ2n) is 7.55. The molecule has 0 N–H and O–H groups in total. The van der Waals surface area contributed by atoms with Crippen molar-refractivity contribution >= 4 is 17.7 Å². The number of esters is 2. The molecule has 1 aliphatic rings. The second kappa shape index (κ2) is 13.5. The zero-order valence-electron chi connectivity index (χ0n) is 18.9. The second-order valence-corrected chi connectivity index (χ2v) is 7.55. The Hall–Kier alpha value is -1.84. The van der Waals surface area contributed by atoms with Crippen molar-refractivity contribution in [3.05, 3.63) is 0 Å². The third-order valence-electron chi connectivity index (χ3n) is 5.22. The molecule has 1 heterocycles. The van der Waals surface area contributed by atoms with Gasteiger partial charge in [-0.2, -0.15) is 18.3 Å². The van der Waals surface area contributed by atoms with Crippen LogP contribution in [0.3, 0.4) is 0 Å². The molecule has 1 rings (SSSR count). The Balaban J connectivity index is 3.26. The lowest BCUT2D eigenvalue weighted by Crippen LogP contribution is -2.39. The molecular weight excluding hydrogens is 417 g/mol. The first-order valence-electron chi connectivity index (χ1n) is 10.9. The van der Waals surface area contributed by atoms with Crippen LogP contribution in [0.2, 0.25) is 0 Å². The minimum atomic E-state index is -4.70. The van der Waals surface area contributed by atoms with Gasteiger partial charge in [0.15, 0.2) is 5.92 Å². The number of hydrogen-bond donors (Lipinski definition) is 0. The van der Waals surface area contributed by atoms with Crippen LogP contribution in [0, 0.1) is 11.8 Å². The molecule has 0 saturated carbocycles. The summed E-state index contributed by atoms with van der Waals surface area (Å²) in [5.41, 5.74) is -1.00. The summed E-state index contributed by atoms with van der Waals surface area (Å²) in [6, 6.07) is -0.234. The van der Waals surface area contributed by atoms with Gasteiger partial charge < -0.3 is 14.2 Å². The Morgan fingerprint density at radius 1 is 1.13 bits per heavy atom. The topological polar surface area (TPSA) is 77.4 Å². The summed E-state index contributed by atoms with van der Waals surface area (Å²) in [5.74, 6) is -4.07. The number of alkyl halides is 3. The van der Waals surface area contributed by atoms with E-state index in [1.54, 1.807) is 13.8 Å². The lowest BCUT2D eigenvalue weighted by molar-refractivity contribution is -0.164. The highest BCUT2D eigenvalue weighted by Crippen LogP contribution is 2.32. The van der Waals surface area contributed by atoms with Gasteiger partial charge in [-0.1, -0.05) is 19.8 Å². The molecule has 0 radical (unpaired) electrons. The molecule has 0 aromatic heterocycles. The smallest absolute Gasteiger partial charge is 0.431 e. The highest BCUT2D eigenvalue weighted by molar-refractivity contribution is 5.97. The lowest BCUT2D eigenvalue weighted by Gasteiger charge is -2.27. The first-order valence-corrected chi connectivity index (χ1v) is 10.9. The van der Waals surface area contributed by atoms with Crippen molar-refractivity contribution in [3.63, 3.8) is 0 Å². The van der Waals surface area contributed by atoms with Crippen LogP contribution in [0.15, 0.2) is 5.10 Å². The third kappa shape index (κ3) is 8.66. The van der Waals surface area contributed by atoms with Crippen LogP contribution in [-0.4, -0.2) is 68.4 Å². The SMILES string of the molecule is CCCC[C@@H](C/C(=N/N1CCC[C@H]1COC)C(F)(F)F)C(C(=O)OCC)C(=O)OCC. The molecule has 0 unspecified atom stereocenters. The normalized spacial score (nSPS) is 18.4. The zero-order valence-corrected chi connectivity index (χ0v) is 18.9. The number of methoxy groups -OCH3 is 1. The van der Waals surface area contributed by atoms with Crippen LogP contribution in [-0.2, 0) is 23.8 Å². The average molecular weight is 453 g/mol. The molecule has 0 amide bonds. The lowest BCUT2D eigenvalue weighted by atomic mass is 9.83. The van der Waals surface area contributed by atoms with E-state index in [0.29, 0.717) is 25.8 Å². The van der Waals surface area contributed by atoms with Gasteiger partial charge in [-0.25, -0.2) is 0 Å². The van der Waals surface area contributed by atoms with Gasteiger partial charge in [0.25, 0.3) is 0 Å². The Morgan fingerprint density at radius 3 is 2.23 bits per heavy atom. The maximum atomic E-state index is 13.9. The molecule has 180 valence electrons. The Kier molecular flexibility index (Phi) is 11.9. The molecule has 10 heteroatoms. The minimum absolute atomic E-state index is 0.0158. The molecule has 0 aliphatic carbocycles. The van der Waals surface area contributed by atoms with Gasteiger partial charge in [-0.05, 0) is 39.0 Å². The molecule has 0 aromatic rings. The van der Waals surface area contributed by atoms with Gasteiger partial charge in [0.05, 0.1) is 25.9 Å². The van der Waals surface area contributed by atoms with E-state index < -0.39 is 42.1 Å². The Morgan fingerprint density at radius 2 is 1.74 bits per heavy atom. The molecular formula is C21H35F3N2O5. The van der Waals surface area contributed by atoms with Gasteiger partial charge in [-0.3, -0.25) is 14.6 Å². The van der Waals surface area contributed by atoms with Crippen molar-refractivity contribution < 1.29 is 37.0 Å². The van der Waals surface area contributed by atoms with Crippen molar-refractivity contribution in [2.24, 2.45) is 16.9 Å². The van der Waals surface area contributed by atoms with E-state index in [-0.39, 0.29) is 32.3 Å².